The van der Waals surface area contributed by atoms with Crippen LogP contribution in [0.4, 0.5) is 5.82 Å². The number of rotatable bonds is 4. The van der Waals surface area contributed by atoms with Gasteiger partial charge in [-0.05, 0) is 31.9 Å². The molecule has 1 atom stereocenters. The average molecular weight is 317 g/mol. The summed E-state index contributed by atoms with van der Waals surface area (Å²) in [5, 5.41) is 7.73. The third kappa shape index (κ3) is 2.96. The molecule has 8 nitrogen and oxygen atoms in total. The van der Waals surface area contributed by atoms with Gasteiger partial charge in [0.2, 0.25) is 5.88 Å². The first-order valence-electron chi connectivity index (χ1n) is 7.43. The summed E-state index contributed by atoms with van der Waals surface area (Å²) in [4.78, 5) is 20.5. The van der Waals surface area contributed by atoms with Crippen LogP contribution in [0.2, 0.25) is 0 Å². The molecule has 0 radical (unpaired) electrons. The Morgan fingerprint density at radius 1 is 1.35 bits per heavy atom. The van der Waals surface area contributed by atoms with Gasteiger partial charge in [-0.1, -0.05) is 0 Å². The van der Waals surface area contributed by atoms with E-state index in [9.17, 15) is 4.79 Å². The Bertz CT molecular complexity index is 728. The molecular weight excluding hydrogens is 298 g/mol. The summed E-state index contributed by atoms with van der Waals surface area (Å²) in [6.07, 6.45) is 1.96. The van der Waals surface area contributed by atoms with Gasteiger partial charge in [-0.3, -0.25) is 0 Å². The Balaban J connectivity index is 1.85. The number of hydrogen-bond acceptors (Lipinski definition) is 7. The van der Waals surface area contributed by atoms with Crippen molar-refractivity contribution in [3.05, 3.63) is 29.3 Å². The van der Waals surface area contributed by atoms with E-state index in [1.807, 2.05) is 11.6 Å². The lowest BCUT2D eigenvalue weighted by Crippen LogP contribution is -2.23. The van der Waals surface area contributed by atoms with E-state index < -0.39 is 5.97 Å². The number of ether oxygens (including phenoxy) is 2. The molecule has 0 saturated carbocycles. The highest BCUT2D eigenvalue weighted by molar-refractivity contribution is 5.92. The lowest BCUT2D eigenvalue weighted by molar-refractivity contribution is 0.0596. The molecule has 3 heterocycles. The maximum absolute atomic E-state index is 11.7. The number of methoxy groups -OCH3 is 2. The molecule has 8 heteroatoms. The monoisotopic (exact) mass is 317 g/mol. The van der Waals surface area contributed by atoms with Gasteiger partial charge in [-0.2, -0.15) is 10.1 Å². The number of esters is 1. The standard InChI is InChI=1S/C15H19N5O3/c1-9-16-13-11(5-4-8-20(13)19-9)17-12-7-6-10(15(21)23-3)14(18-12)22-2/h6-7,11H,4-5,8H2,1-3H3,(H,17,18). The van der Waals surface area contributed by atoms with Gasteiger partial charge in [-0.25, -0.2) is 14.5 Å². The van der Waals surface area contributed by atoms with Crippen molar-refractivity contribution in [1.29, 1.82) is 0 Å². The minimum atomic E-state index is -0.478. The van der Waals surface area contributed by atoms with Gasteiger partial charge in [-0.15, -0.1) is 0 Å². The normalized spacial score (nSPS) is 16.6. The quantitative estimate of drug-likeness (QED) is 0.858. The summed E-state index contributed by atoms with van der Waals surface area (Å²) in [7, 11) is 2.80. The lowest BCUT2D eigenvalue weighted by atomic mass is 10.1. The molecule has 0 spiro atoms. The number of carbonyl (C=O) groups excluding carboxylic acids is 1. The number of nitrogens with one attached hydrogen (secondary N) is 1. The summed E-state index contributed by atoms with van der Waals surface area (Å²) in [5.74, 6) is 2.05. The van der Waals surface area contributed by atoms with Gasteiger partial charge in [0.1, 0.15) is 23.0 Å². The van der Waals surface area contributed by atoms with Crippen LogP contribution >= 0.6 is 0 Å². The predicted octanol–water partition coefficient (Wildman–Crippen LogP) is 1.72. The van der Waals surface area contributed by atoms with E-state index >= 15 is 0 Å². The Morgan fingerprint density at radius 2 is 2.17 bits per heavy atom. The van der Waals surface area contributed by atoms with Crippen LogP contribution in [0, 0.1) is 6.92 Å². The van der Waals surface area contributed by atoms with Gasteiger partial charge in [0, 0.05) is 6.54 Å². The molecule has 2 aromatic rings. The van der Waals surface area contributed by atoms with Gasteiger partial charge in [0.25, 0.3) is 0 Å². The lowest BCUT2D eigenvalue weighted by Gasteiger charge is -2.23. The Morgan fingerprint density at radius 3 is 2.91 bits per heavy atom. The fourth-order valence-electron chi connectivity index (χ4n) is 2.73. The topological polar surface area (TPSA) is 91.2 Å². The highest BCUT2D eigenvalue weighted by atomic mass is 16.5. The molecule has 122 valence electrons. The maximum Gasteiger partial charge on any atom is 0.343 e. The number of nitrogens with zero attached hydrogens (tertiary/aromatic N) is 4. The van der Waals surface area contributed by atoms with Gasteiger partial charge < -0.3 is 14.8 Å². The zero-order chi connectivity index (χ0) is 16.4. The van der Waals surface area contributed by atoms with Crippen molar-refractivity contribution in [2.24, 2.45) is 0 Å². The molecule has 0 aliphatic carbocycles. The summed E-state index contributed by atoms with van der Waals surface area (Å²) in [6, 6.07) is 3.40. The van der Waals surface area contributed by atoms with E-state index in [-0.39, 0.29) is 11.9 Å². The van der Waals surface area contributed by atoms with Crippen molar-refractivity contribution < 1.29 is 14.3 Å². The Labute approximate surface area is 133 Å². The Kier molecular flexibility index (Phi) is 4.14. The maximum atomic E-state index is 11.7. The van der Waals surface area contributed by atoms with Crippen LogP contribution in [0.3, 0.4) is 0 Å². The molecule has 1 N–H and O–H groups in total. The van der Waals surface area contributed by atoms with Gasteiger partial charge in [0.15, 0.2) is 0 Å². The summed E-state index contributed by atoms with van der Waals surface area (Å²) < 4.78 is 11.8. The molecule has 23 heavy (non-hydrogen) atoms. The van der Waals surface area contributed by atoms with Crippen molar-refractivity contribution in [2.75, 3.05) is 19.5 Å². The molecule has 1 aliphatic rings. The molecule has 0 saturated heterocycles. The van der Waals surface area contributed by atoms with Crippen LogP contribution in [0.15, 0.2) is 12.1 Å². The van der Waals surface area contributed by atoms with E-state index in [2.05, 4.69) is 20.4 Å². The number of carbonyl (C=O) groups is 1. The SMILES string of the molecule is COC(=O)c1ccc(NC2CCCn3nc(C)nc32)nc1OC. The van der Waals surface area contributed by atoms with Crippen LogP contribution in [-0.2, 0) is 11.3 Å². The summed E-state index contributed by atoms with van der Waals surface area (Å²) in [6.45, 7) is 2.77. The number of aryl methyl sites for hydroxylation is 2. The minimum Gasteiger partial charge on any atom is -0.480 e. The highest BCUT2D eigenvalue weighted by Gasteiger charge is 2.24. The number of hydrogen-bond donors (Lipinski definition) is 1. The largest absolute Gasteiger partial charge is 0.480 e. The third-order valence-corrected chi connectivity index (χ3v) is 3.76. The van der Waals surface area contributed by atoms with Crippen molar-refractivity contribution in [3.8, 4) is 5.88 Å². The molecule has 0 fully saturated rings. The number of pyridine rings is 1. The minimum absolute atomic E-state index is 0.0335. The van der Waals surface area contributed by atoms with Crippen molar-refractivity contribution in [2.45, 2.75) is 32.4 Å². The predicted molar refractivity (Wildman–Crippen MR) is 82.5 cm³/mol. The average Bonchev–Trinajstić information content (AvgIpc) is 2.95. The van der Waals surface area contributed by atoms with E-state index in [1.54, 1.807) is 12.1 Å². The highest BCUT2D eigenvalue weighted by Crippen LogP contribution is 2.28. The molecule has 0 bridgehead atoms. The molecule has 1 unspecified atom stereocenters. The molecule has 0 aromatic carbocycles. The second kappa shape index (κ2) is 6.23. The zero-order valence-electron chi connectivity index (χ0n) is 13.4. The fourth-order valence-corrected chi connectivity index (χ4v) is 2.73. The van der Waals surface area contributed by atoms with Crippen molar-refractivity contribution in [1.82, 2.24) is 19.7 Å². The van der Waals surface area contributed by atoms with Crippen LogP contribution in [0.5, 0.6) is 5.88 Å². The number of fused-ring (bicyclic) bond motifs is 1. The first-order chi connectivity index (χ1) is 11.1. The van der Waals surface area contributed by atoms with Crippen LogP contribution in [0.1, 0.15) is 40.9 Å². The molecule has 3 rings (SSSR count). The number of aromatic nitrogens is 4. The van der Waals surface area contributed by atoms with Crippen LogP contribution in [0.25, 0.3) is 0 Å². The second-order valence-corrected chi connectivity index (χ2v) is 5.32. The van der Waals surface area contributed by atoms with Crippen LogP contribution < -0.4 is 10.1 Å². The zero-order valence-corrected chi connectivity index (χ0v) is 13.4. The first-order valence-corrected chi connectivity index (χ1v) is 7.43. The smallest absolute Gasteiger partial charge is 0.343 e. The van der Waals surface area contributed by atoms with E-state index in [0.717, 1.165) is 31.0 Å². The van der Waals surface area contributed by atoms with Crippen molar-refractivity contribution in [3.63, 3.8) is 0 Å². The Hall–Kier alpha value is -2.64. The summed E-state index contributed by atoms with van der Waals surface area (Å²) >= 11 is 0. The first kappa shape index (κ1) is 15.3. The molecule has 2 aromatic heterocycles. The van der Waals surface area contributed by atoms with Gasteiger partial charge >= 0.3 is 5.97 Å². The second-order valence-electron chi connectivity index (χ2n) is 5.32. The fraction of sp³-hybridized carbons (Fsp3) is 0.467. The molecule has 1 aliphatic heterocycles. The number of anilines is 1. The third-order valence-electron chi connectivity index (χ3n) is 3.76. The van der Waals surface area contributed by atoms with Crippen LogP contribution in [-0.4, -0.2) is 39.9 Å². The summed E-state index contributed by atoms with van der Waals surface area (Å²) in [5.41, 5.74) is 0.295. The van der Waals surface area contributed by atoms with Gasteiger partial charge in [0.05, 0.1) is 20.3 Å². The van der Waals surface area contributed by atoms with E-state index in [1.165, 1.54) is 14.2 Å². The van der Waals surface area contributed by atoms with E-state index in [0.29, 0.717) is 11.4 Å². The van der Waals surface area contributed by atoms with Crippen molar-refractivity contribution >= 4 is 11.8 Å². The molecular formula is C15H19N5O3. The van der Waals surface area contributed by atoms with E-state index in [4.69, 9.17) is 9.47 Å². The molecule has 0 amide bonds.